The summed E-state index contributed by atoms with van der Waals surface area (Å²) in [7, 11) is 0. The van der Waals surface area contributed by atoms with Gasteiger partial charge in [-0.2, -0.15) is 0 Å². The van der Waals surface area contributed by atoms with Crippen LogP contribution in [0.5, 0.6) is 0 Å². The standard InChI is InChI=1S/C18H32O2/c1-2-3-8-12-17-16(13-14-18(17)20)11-9-6-4-5-7-10-15-19/h3,8,16-17,19H,2,4-7,9-15H2,1H3/b8-3-. The van der Waals surface area contributed by atoms with Gasteiger partial charge in [0.15, 0.2) is 0 Å². The maximum Gasteiger partial charge on any atom is 0.136 e. The third-order valence-corrected chi connectivity index (χ3v) is 4.52. The second-order valence-corrected chi connectivity index (χ2v) is 6.12. The minimum atomic E-state index is 0.312. The summed E-state index contributed by atoms with van der Waals surface area (Å²) in [6.45, 7) is 2.47. The van der Waals surface area contributed by atoms with Crippen LogP contribution in [0, 0.1) is 11.8 Å². The summed E-state index contributed by atoms with van der Waals surface area (Å²) in [5, 5.41) is 8.72. The number of hydrogen-bond acceptors (Lipinski definition) is 2. The molecule has 0 aromatic heterocycles. The molecule has 116 valence electrons. The molecule has 2 atom stereocenters. The molecular weight excluding hydrogens is 248 g/mol. The topological polar surface area (TPSA) is 37.3 Å². The fraction of sp³-hybridized carbons (Fsp3) is 0.833. The van der Waals surface area contributed by atoms with Crippen molar-refractivity contribution in [3.8, 4) is 0 Å². The van der Waals surface area contributed by atoms with Gasteiger partial charge >= 0.3 is 0 Å². The van der Waals surface area contributed by atoms with Gasteiger partial charge in [-0.05, 0) is 38.0 Å². The zero-order valence-corrected chi connectivity index (χ0v) is 13.2. The number of Topliss-reactive ketones (excluding diaryl/α,β-unsaturated/α-hetero) is 1. The SMILES string of the molecule is CC/C=C\CC1C(=O)CCC1CCCCCCCCO. The number of ketones is 1. The van der Waals surface area contributed by atoms with Gasteiger partial charge in [-0.25, -0.2) is 0 Å². The Balaban J connectivity index is 2.14. The molecule has 2 unspecified atom stereocenters. The molecule has 1 rings (SSSR count). The molecule has 0 aliphatic heterocycles. The summed E-state index contributed by atoms with van der Waals surface area (Å²) in [6.07, 6.45) is 16.8. The first kappa shape index (κ1) is 17.4. The van der Waals surface area contributed by atoms with E-state index in [0.29, 0.717) is 24.2 Å². The highest BCUT2D eigenvalue weighted by Crippen LogP contribution is 2.35. The Morgan fingerprint density at radius 3 is 2.50 bits per heavy atom. The quantitative estimate of drug-likeness (QED) is 0.441. The Bertz CT molecular complexity index is 283. The lowest BCUT2D eigenvalue weighted by molar-refractivity contribution is -0.121. The van der Waals surface area contributed by atoms with E-state index in [9.17, 15) is 4.79 Å². The minimum absolute atomic E-state index is 0.312. The number of hydrogen-bond donors (Lipinski definition) is 1. The lowest BCUT2D eigenvalue weighted by atomic mass is 9.87. The molecular formula is C18H32O2. The molecule has 1 aliphatic rings. The van der Waals surface area contributed by atoms with Crippen molar-refractivity contribution in [2.24, 2.45) is 11.8 Å². The molecule has 0 aromatic carbocycles. The Labute approximate surface area is 124 Å². The highest BCUT2D eigenvalue weighted by Gasteiger charge is 2.32. The van der Waals surface area contributed by atoms with Crippen LogP contribution in [-0.2, 0) is 4.79 Å². The smallest absolute Gasteiger partial charge is 0.136 e. The molecule has 20 heavy (non-hydrogen) atoms. The van der Waals surface area contributed by atoms with Crippen molar-refractivity contribution in [2.45, 2.75) is 77.6 Å². The molecule has 2 nitrogen and oxygen atoms in total. The van der Waals surface area contributed by atoms with Crippen LogP contribution in [0.2, 0.25) is 0 Å². The van der Waals surface area contributed by atoms with Crippen molar-refractivity contribution < 1.29 is 9.90 Å². The number of carbonyl (C=O) groups excluding carboxylic acids is 1. The number of carbonyl (C=O) groups is 1. The van der Waals surface area contributed by atoms with Gasteiger partial charge in [-0.1, -0.05) is 51.2 Å². The molecule has 1 N–H and O–H groups in total. The first-order chi connectivity index (χ1) is 9.79. The first-order valence-electron chi connectivity index (χ1n) is 8.58. The lowest BCUT2D eigenvalue weighted by Crippen LogP contribution is -2.14. The summed E-state index contributed by atoms with van der Waals surface area (Å²) in [6, 6.07) is 0. The van der Waals surface area contributed by atoms with Crippen molar-refractivity contribution in [1.82, 2.24) is 0 Å². The highest BCUT2D eigenvalue weighted by atomic mass is 16.2. The van der Waals surface area contributed by atoms with Gasteiger partial charge in [0.2, 0.25) is 0 Å². The average Bonchev–Trinajstić information content (AvgIpc) is 2.79. The van der Waals surface area contributed by atoms with Crippen LogP contribution in [0.3, 0.4) is 0 Å². The summed E-state index contributed by atoms with van der Waals surface area (Å²) in [4.78, 5) is 11.9. The molecule has 0 heterocycles. The van der Waals surface area contributed by atoms with E-state index in [2.05, 4.69) is 19.1 Å². The Morgan fingerprint density at radius 1 is 1.10 bits per heavy atom. The van der Waals surface area contributed by atoms with Crippen LogP contribution in [0.1, 0.15) is 77.6 Å². The summed E-state index contributed by atoms with van der Waals surface area (Å²) in [5.41, 5.74) is 0. The summed E-state index contributed by atoms with van der Waals surface area (Å²) >= 11 is 0. The Morgan fingerprint density at radius 2 is 1.80 bits per heavy atom. The lowest BCUT2D eigenvalue weighted by Gasteiger charge is -2.16. The van der Waals surface area contributed by atoms with Crippen LogP contribution in [-0.4, -0.2) is 17.5 Å². The van der Waals surface area contributed by atoms with Gasteiger partial charge in [0.1, 0.15) is 5.78 Å². The summed E-state index contributed by atoms with van der Waals surface area (Å²) in [5.74, 6) is 1.45. The normalized spacial score (nSPS) is 23.0. The van der Waals surface area contributed by atoms with Crippen molar-refractivity contribution >= 4 is 5.78 Å². The minimum Gasteiger partial charge on any atom is -0.396 e. The van der Waals surface area contributed by atoms with Crippen LogP contribution in [0.15, 0.2) is 12.2 Å². The Hall–Kier alpha value is -0.630. The van der Waals surface area contributed by atoms with E-state index in [1.807, 2.05) is 0 Å². The summed E-state index contributed by atoms with van der Waals surface area (Å²) < 4.78 is 0. The number of aliphatic hydroxyl groups is 1. The number of allylic oxidation sites excluding steroid dienone is 2. The van der Waals surface area contributed by atoms with E-state index in [-0.39, 0.29) is 0 Å². The van der Waals surface area contributed by atoms with Gasteiger partial charge < -0.3 is 5.11 Å². The van der Waals surface area contributed by atoms with E-state index >= 15 is 0 Å². The fourth-order valence-corrected chi connectivity index (χ4v) is 3.28. The van der Waals surface area contributed by atoms with Crippen molar-refractivity contribution in [2.75, 3.05) is 6.61 Å². The molecule has 0 bridgehead atoms. The number of rotatable bonds is 11. The van der Waals surface area contributed by atoms with Crippen LogP contribution < -0.4 is 0 Å². The first-order valence-corrected chi connectivity index (χ1v) is 8.58. The van der Waals surface area contributed by atoms with Gasteiger partial charge in [0, 0.05) is 18.9 Å². The maximum atomic E-state index is 11.9. The number of aliphatic hydroxyl groups excluding tert-OH is 1. The second kappa shape index (κ2) is 11.1. The van der Waals surface area contributed by atoms with Gasteiger partial charge in [-0.15, -0.1) is 0 Å². The second-order valence-electron chi connectivity index (χ2n) is 6.12. The van der Waals surface area contributed by atoms with Gasteiger partial charge in [0.25, 0.3) is 0 Å². The third-order valence-electron chi connectivity index (χ3n) is 4.52. The number of unbranched alkanes of at least 4 members (excludes halogenated alkanes) is 5. The Kier molecular flexibility index (Phi) is 9.65. The van der Waals surface area contributed by atoms with E-state index in [1.165, 1.54) is 32.1 Å². The fourth-order valence-electron chi connectivity index (χ4n) is 3.28. The molecule has 0 amide bonds. The molecule has 0 aromatic rings. The van der Waals surface area contributed by atoms with Crippen molar-refractivity contribution in [1.29, 1.82) is 0 Å². The largest absolute Gasteiger partial charge is 0.396 e. The zero-order chi connectivity index (χ0) is 14.6. The average molecular weight is 280 g/mol. The molecule has 1 fully saturated rings. The predicted octanol–water partition coefficient (Wildman–Crippen LogP) is 4.66. The van der Waals surface area contributed by atoms with E-state index in [1.54, 1.807) is 0 Å². The molecule has 0 saturated heterocycles. The van der Waals surface area contributed by atoms with Crippen LogP contribution >= 0.6 is 0 Å². The van der Waals surface area contributed by atoms with Crippen molar-refractivity contribution in [3.63, 3.8) is 0 Å². The van der Waals surface area contributed by atoms with E-state index in [0.717, 1.165) is 38.5 Å². The molecule has 2 heteroatoms. The van der Waals surface area contributed by atoms with E-state index in [4.69, 9.17) is 5.11 Å². The monoisotopic (exact) mass is 280 g/mol. The molecule has 0 radical (unpaired) electrons. The van der Waals surface area contributed by atoms with Crippen LogP contribution in [0.25, 0.3) is 0 Å². The van der Waals surface area contributed by atoms with Gasteiger partial charge in [-0.3, -0.25) is 4.79 Å². The van der Waals surface area contributed by atoms with E-state index < -0.39 is 0 Å². The van der Waals surface area contributed by atoms with Crippen LogP contribution in [0.4, 0.5) is 0 Å². The molecule has 0 spiro atoms. The highest BCUT2D eigenvalue weighted by molar-refractivity contribution is 5.83. The zero-order valence-electron chi connectivity index (χ0n) is 13.2. The molecule has 1 aliphatic carbocycles. The van der Waals surface area contributed by atoms with Crippen molar-refractivity contribution in [3.05, 3.63) is 12.2 Å². The third kappa shape index (κ3) is 6.69. The molecule has 1 saturated carbocycles. The van der Waals surface area contributed by atoms with Gasteiger partial charge in [0.05, 0.1) is 0 Å². The predicted molar refractivity (Wildman–Crippen MR) is 84.7 cm³/mol. The maximum absolute atomic E-state index is 11.9.